The van der Waals surface area contributed by atoms with Gasteiger partial charge < -0.3 is 9.47 Å². The molecule has 3 N–H and O–H groups in total. The van der Waals surface area contributed by atoms with Gasteiger partial charge in [0.2, 0.25) is 0 Å². The fourth-order valence-corrected chi connectivity index (χ4v) is 3.37. The highest BCUT2D eigenvalue weighted by Crippen LogP contribution is 2.45. The van der Waals surface area contributed by atoms with Crippen LogP contribution in [0, 0.1) is 5.92 Å². The molecule has 2 bridgehead atoms. The number of nitrogens with one attached hydrogen (secondary N) is 1. The summed E-state index contributed by atoms with van der Waals surface area (Å²) in [6.45, 7) is 0. The molecule has 2 aliphatic rings. The number of nitrogens with zero attached hydrogens (tertiary/aromatic N) is 2. The van der Waals surface area contributed by atoms with Crippen molar-refractivity contribution in [1.82, 2.24) is 15.2 Å². The molecule has 0 saturated carbocycles. The third-order valence-corrected chi connectivity index (χ3v) is 4.22. The van der Waals surface area contributed by atoms with Crippen molar-refractivity contribution in [2.45, 2.75) is 37.5 Å². The van der Waals surface area contributed by atoms with E-state index < -0.39 is 0 Å². The van der Waals surface area contributed by atoms with E-state index in [0.29, 0.717) is 18.1 Å². The van der Waals surface area contributed by atoms with E-state index in [1.807, 2.05) is 11.7 Å². The summed E-state index contributed by atoms with van der Waals surface area (Å²) >= 11 is 0. The van der Waals surface area contributed by atoms with Crippen LogP contribution < -0.4 is 16.0 Å². The van der Waals surface area contributed by atoms with Crippen LogP contribution in [0.15, 0.2) is 6.20 Å². The van der Waals surface area contributed by atoms with Crippen molar-refractivity contribution in [3.63, 3.8) is 0 Å². The fourth-order valence-electron chi connectivity index (χ4n) is 3.37. The molecule has 0 aromatic carbocycles. The van der Waals surface area contributed by atoms with Crippen molar-refractivity contribution in [2.75, 3.05) is 7.11 Å². The summed E-state index contributed by atoms with van der Waals surface area (Å²) in [5.41, 5.74) is 3.93. The van der Waals surface area contributed by atoms with Gasteiger partial charge in [-0.2, -0.15) is 5.10 Å². The molecular formula is C12H20N4O2. The molecule has 2 fully saturated rings. The molecule has 18 heavy (non-hydrogen) atoms. The Balaban J connectivity index is 1.90. The molecule has 4 unspecified atom stereocenters. The first kappa shape index (κ1) is 12.0. The first-order valence-electron chi connectivity index (χ1n) is 6.42. The van der Waals surface area contributed by atoms with Crippen molar-refractivity contribution < 1.29 is 9.47 Å². The minimum Gasteiger partial charge on any atom is -0.493 e. The SMILES string of the molecule is COc1cnn(C)c1C(NN)C1CC2CCC1O2. The lowest BCUT2D eigenvalue weighted by molar-refractivity contribution is 0.0848. The third-order valence-electron chi connectivity index (χ3n) is 4.22. The van der Waals surface area contributed by atoms with Gasteiger partial charge in [-0.3, -0.25) is 16.0 Å². The highest BCUT2D eigenvalue weighted by molar-refractivity contribution is 5.29. The van der Waals surface area contributed by atoms with Gasteiger partial charge in [0.05, 0.1) is 37.3 Å². The first-order chi connectivity index (χ1) is 8.74. The minimum atomic E-state index is 0.0303. The lowest BCUT2D eigenvalue weighted by Gasteiger charge is -2.28. The number of hydrogen-bond donors (Lipinski definition) is 2. The highest BCUT2D eigenvalue weighted by atomic mass is 16.5. The molecule has 3 rings (SSSR count). The number of hydrogen-bond acceptors (Lipinski definition) is 5. The van der Waals surface area contributed by atoms with Crippen LogP contribution >= 0.6 is 0 Å². The van der Waals surface area contributed by atoms with Gasteiger partial charge in [-0.1, -0.05) is 0 Å². The van der Waals surface area contributed by atoms with Crippen molar-refractivity contribution in [3.8, 4) is 5.75 Å². The molecule has 100 valence electrons. The van der Waals surface area contributed by atoms with E-state index in [4.69, 9.17) is 15.3 Å². The Bertz CT molecular complexity index is 434. The summed E-state index contributed by atoms with van der Waals surface area (Å²) in [4.78, 5) is 0. The van der Waals surface area contributed by atoms with E-state index in [9.17, 15) is 0 Å². The summed E-state index contributed by atoms with van der Waals surface area (Å²) in [5, 5.41) is 4.25. The number of ether oxygens (including phenoxy) is 2. The maximum absolute atomic E-state index is 5.91. The Hall–Kier alpha value is -1.11. The van der Waals surface area contributed by atoms with Crippen LogP contribution in [0.4, 0.5) is 0 Å². The molecule has 1 aromatic rings. The monoisotopic (exact) mass is 252 g/mol. The van der Waals surface area contributed by atoms with Crippen molar-refractivity contribution in [1.29, 1.82) is 0 Å². The van der Waals surface area contributed by atoms with Crippen molar-refractivity contribution in [2.24, 2.45) is 18.8 Å². The van der Waals surface area contributed by atoms with Gasteiger partial charge in [0.1, 0.15) is 0 Å². The second-order valence-corrected chi connectivity index (χ2v) is 5.14. The molecule has 3 heterocycles. The molecule has 0 aliphatic carbocycles. The molecule has 6 nitrogen and oxygen atoms in total. The van der Waals surface area contributed by atoms with E-state index in [0.717, 1.165) is 24.3 Å². The number of methoxy groups -OCH3 is 1. The normalized spacial score (nSPS) is 31.8. The standard InChI is InChI=1S/C12H20N4O2/c1-16-12(10(17-2)6-14-16)11(15-13)8-5-7-3-4-9(8)18-7/h6-9,11,15H,3-5,13H2,1-2H3. The van der Waals surface area contributed by atoms with E-state index in [2.05, 4.69) is 10.5 Å². The number of nitrogens with two attached hydrogens (primary N) is 1. The van der Waals surface area contributed by atoms with Gasteiger partial charge in [0.15, 0.2) is 5.75 Å². The lowest BCUT2D eigenvalue weighted by atomic mass is 9.82. The molecule has 6 heteroatoms. The molecule has 1 aromatic heterocycles. The molecule has 0 radical (unpaired) electrons. The highest BCUT2D eigenvalue weighted by Gasteiger charge is 2.45. The van der Waals surface area contributed by atoms with Crippen LogP contribution in [-0.2, 0) is 11.8 Å². The number of aromatic nitrogens is 2. The lowest BCUT2D eigenvalue weighted by Crippen LogP contribution is -2.38. The zero-order chi connectivity index (χ0) is 12.7. The average molecular weight is 252 g/mol. The average Bonchev–Trinajstić information content (AvgIpc) is 3.07. The van der Waals surface area contributed by atoms with E-state index >= 15 is 0 Å². The van der Waals surface area contributed by atoms with Crippen molar-refractivity contribution in [3.05, 3.63) is 11.9 Å². The first-order valence-corrected chi connectivity index (χ1v) is 6.42. The van der Waals surface area contributed by atoms with Gasteiger partial charge in [-0.25, -0.2) is 0 Å². The van der Waals surface area contributed by atoms with Crippen LogP contribution in [0.25, 0.3) is 0 Å². The second-order valence-electron chi connectivity index (χ2n) is 5.14. The zero-order valence-corrected chi connectivity index (χ0v) is 10.8. The largest absolute Gasteiger partial charge is 0.493 e. The Labute approximate surface area is 106 Å². The Morgan fingerprint density at radius 1 is 1.61 bits per heavy atom. The number of rotatable bonds is 4. The van der Waals surface area contributed by atoms with Gasteiger partial charge in [-0.15, -0.1) is 0 Å². The maximum Gasteiger partial charge on any atom is 0.161 e. The number of aryl methyl sites for hydroxylation is 1. The van der Waals surface area contributed by atoms with Gasteiger partial charge in [0, 0.05) is 13.0 Å². The smallest absolute Gasteiger partial charge is 0.161 e. The second kappa shape index (κ2) is 4.53. The fraction of sp³-hybridized carbons (Fsp3) is 0.750. The summed E-state index contributed by atoms with van der Waals surface area (Å²) in [6.07, 6.45) is 5.83. The number of hydrazine groups is 1. The predicted molar refractivity (Wildman–Crippen MR) is 65.8 cm³/mol. The van der Waals surface area contributed by atoms with Crippen LogP contribution in [0.5, 0.6) is 5.75 Å². The van der Waals surface area contributed by atoms with Crippen LogP contribution in [0.1, 0.15) is 31.0 Å². The molecular weight excluding hydrogens is 232 g/mol. The van der Waals surface area contributed by atoms with Gasteiger partial charge in [-0.05, 0) is 19.3 Å². The van der Waals surface area contributed by atoms with E-state index in [1.165, 1.54) is 6.42 Å². The molecule has 0 amide bonds. The third kappa shape index (κ3) is 1.72. The number of fused-ring (bicyclic) bond motifs is 2. The van der Waals surface area contributed by atoms with Crippen LogP contribution in [-0.4, -0.2) is 29.1 Å². The molecule has 0 spiro atoms. The Morgan fingerprint density at radius 3 is 3.00 bits per heavy atom. The Kier molecular flexibility index (Phi) is 3.01. The summed E-state index contributed by atoms with van der Waals surface area (Å²) < 4.78 is 13.1. The van der Waals surface area contributed by atoms with Crippen LogP contribution in [0.2, 0.25) is 0 Å². The minimum absolute atomic E-state index is 0.0303. The Morgan fingerprint density at radius 2 is 2.44 bits per heavy atom. The summed E-state index contributed by atoms with van der Waals surface area (Å²) in [5.74, 6) is 6.95. The zero-order valence-electron chi connectivity index (χ0n) is 10.8. The maximum atomic E-state index is 5.91. The van der Waals surface area contributed by atoms with Gasteiger partial charge >= 0.3 is 0 Å². The molecule has 2 aliphatic heterocycles. The topological polar surface area (TPSA) is 74.3 Å². The quantitative estimate of drug-likeness (QED) is 0.603. The molecule has 4 atom stereocenters. The molecule has 2 saturated heterocycles. The summed E-state index contributed by atoms with van der Waals surface area (Å²) in [7, 11) is 3.57. The van der Waals surface area contributed by atoms with Crippen molar-refractivity contribution >= 4 is 0 Å². The summed E-state index contributed by atoms with van der Waals surface area (Å²) in [6, 6.07) is 0.0303. The predicted octanol–water partition coefficient (Wildman–Crippen LogP) is 0.501. The van der Waals surface area contributed by atoms with E-state index in [-0.39, 0.29) is 6.04 Å². The van der Waals surface area contributed by atoms with Gasteiger partial charge in [0.25, 0.3) is 0 Å². The van der Waals surface area contributed by atoms with E-state index in [1.54, 1.807) is 13.3 Å². The van der Waals surface area contributed by atoms with Crippen LogP contribution in [0.3, 0.4) is 0 Å².